The number of rotatable bonds is 1. The molecular weight excluding hydrogens is 250 g/mol. The van der Waals surface area contributed by atoms with Crippen LogP contribution in [0.1, 0.15) is 37.8 Å². The Kier molecular flexibility index (Phi) is 3.98. The number of benzene rings is 1. The Balaban J connectivity index is 2.02. The van der Waals surface area contributed by atoms with Crippen LogP contribution in [0.3, 0.4) is 0 Å². The highest BCUT2D eigenvalue weighted by Crippen LogP contribution is 2.24. The summed E-state index contributed by atoms with van der Waals surface area (Å²) in [6, 6.07) is 8.41. The molecule has 106 valence electrons. The minimum Gasteiger partial charge on any atom is -0.443 e. The first kappa shape index (κ1) is 14.4. The SMILES string of the molecule is Cc1ccc(C2C=CN(C(=O)OC(C)(C)C)C=C2)cc1. The zero-order chi connectivity index (χ0) is 14.8. The van der Waals surface area contributed by atoms with E-state index in [4.69, 9.17) is 4.74 Å². The van der Waals surface area contributed by atoms with Gasteiger partial charge in [-0.1, -0.05) is 42.0 Å². The Morgan fingerprint density at radius 1 is 1.10 bits per heavy atom. The first-order valence-corrected chi connectivity index (χ1v) is 6.80. The first-order valence-electron chi connectivity index (χ1n) is 6.80. The van der Waals surface area contributed by atoms with Crippen molar-refractivity contribution in [2.45, 2.75) is 39.2 Å². The van der Waals surface area contributed by atoms with E-state index < -0.39 is 5.60 Å². The van der Waals surface area contributed by atoms with Crippen molar-refractivity contribution in [2.75, 3.05) is 0 Å². The highest BCUT2D eigenvalue weighted by atomic mass is 16.6. The third-order valence-corrected chi connectivity index (χ3v) is 2.97. The van der Waals surface area contributed by atoms with Crippen LogP contribution in [0.5, 0.6) is 0 Å². The predicted octanol–water partition coefficient (Wildman–Crippen LogP) is 4.36. The van der Waals surface area contributed by atoms with E-state index in [2.05, 4.69) is 31.2 Å². The van der Waals surface area contributed by atoms with Crippen LogP contribution in [0.4, 0.5) is 4.79 Å². The zero-order valence-electron chi connectivity index (χ0n) is 12.5. The summed E-state index contributed by atoms with van der Waals surface area (Å²) in [6.07, 6.45) is 7.16. The van der Waals surface area contributed by atoms with E-state index in [9.17, 15) is 4.79 Å². The summed E-state index contributed by atoms with van der Waals surface area (Å²) in [5.41, 5.74) is 1.98. The Morgan fingerprint density at radius 2 is 1.65 bits per heavy atom. The fourth-order valence-electron chi connectivity index (χ4n) is 1.93. The van der Waals surface area contributed by atoms with E-state index in [1.54, 1.807) is 12.4 Å². The molecule has 1 aliphatic rings. The summed E-state index contributed by atoms with van der Waals surface area (Å²) in [7, 11) is 0. The number of hydrogen-bond donors (Lipinski definition) is 0. The number of carbonyl (C=O) groups is 1. The van der Waals surface area contributed by atoms with Gasteiger partial charge in [0.05, 0.1) is 0 Å². The second-order valence-electron chi connectivity index (χ2n) is 6.01. The Bertz CT molecular complexity index is 521. The topological polar surface area (TPSA) is 29.5 Å². The monoisotopic (exact) mass is 271 g/mol. The van der Waals surface area contributed by atoms with Gasteiger partial charge in [0, 0.05) is 18.3 Å². The average molecular weight is 271 g/mol. The first-order chi connectivity index (χ1) is 9.35. The smallest absolute Gasteiger partial charge is 0.418 e. The van der Waals surface area contributed by atoms with Gasteiger partial charge in [0.1, 0.15) is 5.60 Å². The molecular formula is C17H21NO2. The van der Waals surface area contributed by atoms with Crippen molar-refractivity contribution in [2.24, 2.45) is 0 Å². The molecule has 1 heterocycles. The Hall–Kier alpha value is -2.03. The molecule has 1 aliphatic heterocycles. The van der Waals surface area contributed by atoms with Crippen molar-refractivity contribution < 1.29 is 9.53 Å². The summed E-state index contributed by atoms with van der Waals surface area (Å²) < 4.78 is 5.32. The number of amides is 1. The minimum absolute atomic E-state index is 0.203. The Labute approximate surface area is 120 Å². The van der Waals surface area contributed by atoms with Gasteiger partial charge in [0.15, 0.2) is 0 Å². The predicted molar refractivity (Wildman–Crippen MR) is 80.3 cm³/mol. The molecule has 0 unspecified atom stereocenters. The molecule has 0 fully saturated rings. The average Bonchev–Trinajstić information content (AvgIpc) is 2.38. The van der Waals surface area contributed by atoms with E-state index in [1.165, 1.54) is 16.0 Å². The number of aryl methyl sites for hydroxylation is 1. The number of allylic oxidation sites excluding steroid dienone is 2. The van der Waals surface area contributed by atoms with Crippen molar-refractivity contribution in [1.82, 2.24) is 4.90 Å². The molecule has 1 amide bonds. The summed E-state index contributed by atoms with van der Waals surface area (Å²) in [4.78, 5) is 13.4. The molecule has 3 nitrogen and oxygen atoms in total. The lowest BCUT2D eigenvalue weighted by molar-refractivity contribution is 0.0397. The van der Waals surface area contributed by atoms with E-state index in [-0.39, 0.29) is 12.0 Å². The summed E-state index contributed by atoms with van der Waals surface area (Å²) in [5, 5.41) is 0. The van der Waals surface area contributed by atoms with Crippen LogP contribution >= 0.6 is 0 Å². The Morgan fingerprint density at radius 3 is 2.15 bits per heavy atom. The van der Waals surface area contributed by atoms with Crippen LogP contribution in [-0.2, 0) is 4.74 Å². The largest absolute Gasteiger partial charge is 0.443 e. The molecule has 0 bridgehead atoms. The molecule has 0 aliphatic carbocycles. The number of nitrogens with zero attached hydrogens (tertiary/aromatic N) is 1. The molecule has 20 heavy (non-hydrogen) atoms. The summed E-state index contributed by atoms with van der Waals surface area (Å²) in [5.74, 6) is 0.203. The van der Waals surface area contributed by atoms with E-state index in [0.717, 1.165) is 0 Å². The molecule has 0 saturated carbocycles. The van der Waals surface area contributed by atoms with Gasteiger partial charge in [-0.3, -0.25) is 4.90 Å². The third-order valence-electron chi connectivity index (χ3n) is 2.97. The van der Waals surface area contributed by atoms with Gasteiger partial charge in [-0.05, 0) is 33.3 Å². The van der Waals surface area contributed by atoms with Crippen LogP contribution < -0.4 is 0 Å². The van der Waals surface area contributed by atoms with Gasteiger partial charge >= 0.3 is 6.09 Å². The van der Waals surface area contributed by atoms with Crippen LogP contribution in [0.15, 0.2) is 48.8 Å². The van der Waals surface area contributed by atoms with Crippen LogP contribution in [-0.4, -0.2) is 16.6 Å². The maximum atomic E-state index is 11.9. The van der Waals surface area contributed by atoms with Crippen molar-refractivity contribution >= 4 is 6.09 Å². The molecule has 2 rings (SSSR count). The molecule has 0 spiro atoms. The van der Waals surface area contributed by atoms with Gasteiger partial charge in [-0.25, -0.2) is 4.79 Å². The standard InChI is InChI=1S/C17H21NO2/c1-13-5-7-14(8-6-13)15-9-11-18(12-10-15)16(19)20-17(2,3)4/h5-12,15H,1-4H3. The lowest BCUT2D eigenvalue weighted by Crippen LogP contribution is -2.31. The highest BCUT2D eigenvalue weighted by molar-refractivity contribution is 5.71. The molecule has 1 aromatic carbocycles. The molecule has 1 aromatic rings. The van der Waals surface area contributed by atoms with Crippen LogP contribution in [0.25, 0.3) is 0 Å². The number of hydrogen-bond acceptors (Lipinski definition) is 2. The van der Waals surface area contributed by atoms with E-state index >= 15 is 0 Å². The summed E-state index contributed by atoms with van der Waals surface area (Å²) >= 11 is 0. The van der Waals surface area contributed by atoms with Crippen molar-refractivity contribution in [3.8, 4) is 0 Å². The second kappa shape index (κ2) is 5.53. The van der Waals surface area contributed by atoms with Gasteiger partial charge < -0.3 is 4.74 Å². The highest BCUT2D eigenvalue weighted by Gasteiger charge is 2.21. The minimum atomic E-state index is -0.480. The summed E-state index contributed by atoms with van der Waals surface area (Å²) in [6.45, 7) is 7.65. The van der Waals surface area contributed by atoms with Gasteiger partial charge in [0.25, 0.3) is 0 Å². The quantitative estimate of drug-likeness (QED) is 0.759. The van der Waals surface area contributed by atoms with Crippen molar-refractivity contribution in [3.63, 3.8) is 0 Å². The maximum Gasteiger partial charge on any atom is 0.418 e. The normalized spacial score (nSPS) is 15.5. The van der Waals surface area contributed by atoms with Gasteiger partial charge in [-0.2, -0.15) is 0 Å². The van der Waals surface area contributed by atoms with Crippen LogP contribution in [0, 0.1) is 6.92 Å². The van der Waals surface area contributed by atoms with Crippen molar-refractivity contribution in [1.29, 1.82) is 0 Å². The molecule has 0 atom stereocenters. The lowest BCUT2D eigenvalue weighted by Gasteiger charge is -2.25. The van der Waals surface area contributed by atoms with E-state index in [1.807, 2.05) is 32.9 Å². The van der Waals surface area contributed by atoms with Crippen LogP contribution in [0.2, 0.25) is 0 Å². The van der Waals surface area contributed by atoms with Gasteiger partial charge in [0.2, 0.25) is 0 Å². The molecule has 3 heteroatoms. The maximum absolute atomic E-state index is 11.9. The number of ether oxygens (including phenoxy) is 1. The third kappa shape index (κ3) is 3.73. The van der Waals surface area contributed by atoms with Crippen molar-refractivity contribution in [3.05, 3.63) is 59.9 Å². The fraction of sp³-hybridized carbons (Fsp3) is 0.353. The number of carbonyl (C=O) groups excluding carboxylic acids is 1. The fourth-order valence-corrected chi connectivity index (χ4v) is 1.93. The molecule has 0 N–H and O–H groups in total. The molecule has 0 aromatic heterocycles. The van der Waals surface area contributed by atoms with Gasteiger partial charge in [-0.15, -0.1) is 0 Å². The molecule has 0 saturated heterocycles. The second-order valence-corrected chi connectivity index (χ2v) is 6.01. The molecule has 0 radical (unpaired) electrons. The van der Waals surface area contributed by atoms with E-state index in [0.29, 0.717) is 0 Å². The zero-order valence-corrected chi connectivity index (χ0v) is 12.5. The lowest BCUT2D eigenvalue weighted by atomic mass is 9.97.